The maximum Gasteiger partial charge on any atom is 0.190 e. The van der Waals surface area contributed by atoms with E-state index in [0.717, 1.165) is 49.7 Å². The van der Waals surface area contributed by atoms with Crippen LogP contribution in [-0.2, 0) is 22.8 Å². The Morgan fingerprint density at radius 1 is 1.15 bits per heavy atom. The number of nitrogens with zero attached hydrogens (tertiary/aromatic N) is 3. The zero-order chi connectivity index (χ0) is 19.9. The van der Waals surface area contributed by atoms with Crippen molar-refractivity contribution in [3.05, 3.63) is 47.3 Å². The lowest BCUT2D eigenvalue weighted by Crippen LogP contribution is -2.39. The molecule has 0 fully saturated rings. The molecular formula is C19H29N5O2S. The van der Waals surface area contributed by atoms with Crippen LogP contribution in [0.3, 0.4) is 0 Å². The largest absolute Gasteiger partial charge is 0.356 e. The Morgan fingerprint density at radius 3 is 2.37 bits per heavy atom. The van der Waals surface area contributed by atoms with E-state index < -0.39 is 9.84 Å². The van der Waals surface area contributed by atoms with Gasteiger partial charge in [0.2, 0.25) is 0 Å². The zero-order valence-corrected chi connectivity index (χ0v) is 17.3. The van der Waals surface area contributed by atoms with Gasteiger partial charge >= 0.3 is 0 Å². The zero-order valence-electron chi connectivity index (χ0n) is 16.5. The maximum atomic E-state index is 11.5. The molecule has 0 aliphatic rings. The lowest BCUT2D eigenvalue weighted by Gasteiger charge is -2.12. The summed E-state index contributed by atoms with van der Waals surface area (Å²) in [6.07, 6.45) is 2.96. The predicted octanol–water partition coefficient (Wildman–Crippen LogP) is 1.70. The summed E-state index contributed by atoms with van der Waals surface area (Å²) in [5.74, 6) is 0.760. The van der Waals surface area contributed by atoms with Crippen LogP contribution >= 0.6 is 0 Å². The van der Waals surface area contributed by atoms with Gasteiger partial charge in [0.05, 0.1) is 10.6 Å². The summed E-state index contributed by atoms with van der Waals surface area (Å²) in [4.78, 5) is 4.57. The van der Waals surface area contributed by atoms with Gasteiger partial charge in [-0.15, -0.1) is 0 Å². The highest BCUT2D eigenvalue weighted by atomic mass is 32.2. The SMILES string of the molecule is CN=C(NCCCn1nc(C)cc1C)NCCc1ccc(S(C)(=O)=O)cc1. The van der Waals surface area contributed by atoms with E-state index in [0.29, 0.717) is 4.90 Å². The molecule has 2 N–H and O–H groups in total. The molecule has 7 nitrogen and oxygen atoms in total. The Morgan fingerprint density at radius 2 is 1.81 bits per heavy atom. The van der Waals surface area contributed by atoms with Crippen molar-refractivity contribution >= 4 is 15.8 Å². The molecular weight excluding hydrogens is 362 g/mol. The molecule has 0 atom stereocenters. The molecule has 2 aromatic rings. The third-order valence-corrected chi connectivity index (χ3v) is 5.35. The number of hydrogen-bond acceptors (Lipinski definition) is 4. The predicted molar refractivity (Wildman–Crippen MR) is 109 cm³/mol. The molecule has 148 valence electrons. The summed E-state index contributed by atoms with van der Waals surface area (Å²) in [6.45, 7) is 6.46. The first-order valence-corrected chi connectivity index (χ1v) is 10.9. The maximum absolute atomic E-state index is 11.5. The Balaban J connectivity index is 1.70. The van der Waals surface area contributed by atoms with Crippen LogP contribution in [-0.4, -0.2) is 50.6 Å². The van der Waals surface area contributed by atoms with E-state index in [4.69, 9.17) is 0 Å². The molecule has 0 spiro atoms. The van der Waals surface area contributed by atoms with Crippen molar-refractivity contribution in [3.8, 4) is 0 Å². The molecule has 27 heavy (non-hydrogen) atoms. The summed E-state index contributed by atoms with van der Waals surface area (Å²) < 4.78 is 25.0. The van der Waals surface area contributed by atoms with Crippen LogP contribution in [0.2, 0.25) is 0 Å². The fraction of sp³-hybridized carbons (Fsp3) is 0.474. The molecule has 0 amide bonds. The summed E-state index contributed by atoms with van der Waals surface area (Å²) >= 11 is 0. The van der Waals surface area contributed by atoms with Gasteiger partial charge in [-0.1, -0.05) is 12.1 Å². The Kier molecular flexibility index (Phi) is 7.41. The average Bonchev–Trinajstić information content (AvgIpc) is 2.94. The molecule has 0 aliphatic carbocycles. The second-order valence-corrected chi connectivity index (χ2v) is 8.61. The van der Waals surface area contributed by atoms with Crippen molar-refractivity contribution in [1.29, 1.82) is 0 Å². The molecule has 0 aliphatic heterocycles. The molecule has 2 rings (SSSR count). The normalized spacial score (nSPS) is 12.2. The van der Waals surface area contributed by atoms with Crippen LogP contribution in [0.1, 0.15) is 23.4 Å². The summed E-state index contributed by atoms with van der Waals surface area (Å²) in [6, 6.07) is 9.08. The van der Waals surface area contributed by atoms with E-state index in [2.05, 4.69) is 33.7 Å². The molecule has 8 heteroatoms. The minimum absolute atomic E-state index is 0.347. The molecule has 1 heterocycles. The van der Waals surface area contributed by atoms with Crippen LogP contribution in [0.15, 0.2) is 40.2 Å². The van der Waals surface area contributed by atoms with Gasteiger partial charge in [0.15, 0.2) is 15.8 Å². The van der Waals surface area contributed by atoms with Crippen molar-refractivity contribution in [2.24, 2.45) is 4.99 Å². The van der Waals surface area contributed by atoms with E-state index in [1.807, 2.05) is 23.7 Å². The van der Waals surface area contributed by atoms with Crippen LogP contribution in [0.4, 0.5) is 0 Å². The molecule has 0 bridgehead atoms. The molecule has 0 saturated carbocycles. The van der Waals surface area contributed by atoms with E-state index in [1.54, 1.807) is 19.2 Å². The number of benzene rings is 1. The van der Waals surface area contributed by atoms with Crippen LogP contribution in [0, 0.1) is 13.8 Å². The van der Waals surface area contributed by atoms with Gasteiger partial charge in [0.25, 0.3) is 0 Å². The number of hydrogen-bond donors (Lipinski definition) is 2. The number of aliphatic imine (C=N–C) groups is 1. The number of sulfone groups is 1. The van der Waals surface area contributed by atoms with E-state index in [-0.39, 0.29) is 0 Å². The first-order valence-electron chi connectivity index (χ1n) is 9.04. The fourth-order valence-corrected chi connectivity index (χ4v) is 3.42. The molecule has 1 aromatic heterocycles. The molecule has 0 unspecified atom stereocenters. The Bertz CT molecular complexity index is 870. The third kappa shape index (κ3) is 6.71. The summed E-state index contributed by atoms with van der Waals surface area (Å²) in [5, 5.41) is 11.0. The number of nitrogens with one attached hydrogen (secondary N) is 2. The third-order valence-electron chi connectivity index (χ3n) is 4.22. The van der Waals surface area contributed by atoms with Crippen molar-refractivity contribution in [1.82, 2.24) is 20.4 Å². The Labute approximate surface area is 161 Å². The van der Waals surface area contributed by atoms with Gasteiger partial charge in [-0.25, -0.2) is 8.42 Å². The summed E-state index contributed by atoms with van der Waals surface area (Å²) in [7, 11) is -1.40. The first kappa shape index (κ1) is 21.0. The van der Waals surface area contributed by atoms with Crippen LogP contribution < -0.4 is 10.6 Å². The van der Waals surface area contributed by atoms with Crippen LogP contribution in [0.25, 0.3) is 0 Å². The number of aryl methyl sites for hydroxylation is 3. The number of rotatable bonds is 8. The van der Waals surface area contributed by atoms with E-state index >= 15 is 0 Å². The second-order valence-electron chi connectivity index (χ2n) is 6.60. The monoisotopic (exact) mass is 391 g/mol. The van der Waals surface area contributed by atoms with E-state index in [1.165, 1.54) is 11.9 Å². The lowest BCUT2D eigenvalue weighted by atomic mass is 10.1. The summed E-state index contributed by atoms with van der Waals surface area (Å²) in [5.41, 5.74) is 3.30. The highest BCUT2D eigenvalue weighted by molar-refractivity contribution is 7.90. The minimum atomic E-state index is -3.14. The number of guanidine groups is 1. The minimum Gasteiger partial charge on any atom is -0.356 e. The fourth-order valence-electron chi connectivity index (χ4n) is 2.79. The average molecular weight is 392 g/mol. The van der Waals surface area contributed by atoms with Gasteiger partial charge in [-0.3, -0.25) is 9.67 Å². The van der Waals surface area contributed by atoms with Crippen molar-refractivity contribution < 1.29 is 8.42 Å². The standard InChI is InChI=1S/C19H29N5O2S/c1-15-14-16(2)24(23-15)13-5-11-21-19(20-3)22-12-10-17-6-8-18(9-7-17)27(4,25)26/h6-9,14H,5,10-13H2,1-4H3,(H2,20,21,22). The van der Waals surface area contributed by atoms with Gasteiger partial charge in [0, 0.05) is 38.6 Å². The van der Waals surface area contributed by atoms with Crippen molar-refractivity contribution in [2.45, 2.75) is 38.1 Å². The Hall–Kier alpha value is -2.35. The topological polar surface area (TPSA) is 88.4 Å². The smallest absolute Gasteiger partial charge is 0.190 e. The lowest BCUT2D eigenvalue weighted by molar-refractivity contribution is 0.555. The van der Waals surface area contributed by atoms with Crippen molar-refractivity contribution in [2.75, 3.05) is 26.4 Å². The highest BCUT2D eigenvalue weighted by Crippen LogP contribution is 2.10. The molecule has 1 aromatic carbocycles. The number of aromatic nitrogens is 2. The van der Waals surface area contributed by atoms with Crippen LogP contribution in [0.5, 0.6) is 0 Å². The first-order chi connectivity index (χ1) is 12.8. The van der Waals surface area contributed by atoms with Gasteiger partial charge < -0.3 is 10.6 Å². The van der Waals surface area contributed by atoms with E-state index in [9.17, 15) is 8.42 Å². The molecule has 0 radical (unpaired) electrons. The van der Waals surface area contributed by atoms with Gasteiger partial charge in [0.1, 0.15) is 0 Å². The quantitative estimate of drug-likeness (QED) is 0.406. The van der Waals surface area contributed by atoms with Gasteiger partial charge in [-0.05, 0) is 50.5 Å². The van der Waals surface area contributed by atoms with Crippen molar-refractivity contribution in [3.63, 3.8) is 0 Å². The second kappa shape index (κ2) is 9.55. The molecule has 0 saturated heterocycles. The highest BCUT2D eigenvalue weighted by Gasteiger charge is 2.06. The van der Waals surface area contributed by atoms with Gasteiger partial charge in [-0.2, -0.15) is 5.10 Å².